The van der Waals surface area contributed by atoms with Crippen LogP contribution in [0.1, 0.15) is 58.8 Å². The second-order valence-corrected chi connectivity index (χ2v) is 6.17. The molecule has 1 amide bonds. The molecule has 1 aliphatic carbocycles. The van der Waals surface area contributed by atoms with Gasteiger partial charge in [0.1, 0.15) is 0 Å². The molecule has 1 saturated carbocycles. The minimum atomic E-state index is 0.202. The highest BCUT2D eigenvalue weighted by Gasteiger charge is 2.19. The molecular weight excluding hydrogens is 226 g/mol. The smallest absolute Gasteiger partial charge is 0.220 e. The summed E-state index contributed by atoms with van der Waals surface area (Å²) in [5.74, 6) is 1.86. The molecule has 0 aromatic carbocycles. The fraction of sp³-hybridized carbons (Fsp3) is 0.933. The van der Waals surface area contributed by atoms with Crippen molar-refractivity contribution in [2.24, 2.45) is 17.8 Å². The van der Waals surface area contributed by atoms with Gasteiger partial charge < -0.3 is 10.4 Å². The predicted molar refractivity (Wildman–Crippen MR) is 74.2 cm³/mol. The lowest BCUT2D eigenvalue weighted by molar-refractivity contribution is -0.122. The van der Waals surface area contributed by atoms with Gasteiger partial charge in [0.25, 0.3) is 0 Å². The average molecular weight is 255 g/mol. The van der Waals surface area contributed by atoms with Crippen LogP contribution in [-0.4, -0.2) is 24.2 Å². The van der Waals surface area contributed by atoms with E-state index in [1.54, 1.807) is 0 Å². The van der Waals surface area contributed by atoms with Crippen LogP contribution < -0.4 is 5.32 Å². The monoisotopic (exact) mass is 255 g/mol. The van der Waals surface area contributed by atoms with Crippen molar-refractivity contribution in [2.45, 2.75) is 58.8 Å². The Morgan fingerprint density at radius 3 is 2.56 bits per heavy atom. The zero-order valence-electron chi connectivity index (χ0n) is 12.0. The van der Waals surface area contributed by atoms with Crippen molar-refractivity contribution < 1.29 is 9.90 Å². The maximum Gasteiger partial charge on any atom is 0.220 e. The molecule has 3 nitrogen and oxygen atoms in total. The van der Waals surface area contributed by atoms with Gasteiger partial charge in [-0.05, 0) is 43.4 Å². The normalized spacial score (nSPS) is 18.2. The van der Waals surface area contributed by atoms with E-state index >= 15 is 0 Å². The number of hydrogen-bond donors (Lipinski definition) is 2. The Morgan fingerprint density at radius 2 is 2.00 bits per heavy atom. The summed E-state index contributed by atoms with van der Waals surface area (Å²) in [5.41, 5.74) is 0. The fourth-order valence-electron chi connectivity index (χ4n) is 2.96. The van der Waals surface area contributed by atoms with E-state index in [1.807, 2.05) is 0 Å². The van der Waals surface area contributed by atoms with E-state index in [0.717, 1.165) is 19.4 Å². The van der Waals surface area contributed by atoms with Gasteiger partial charge in [-0.1, -0.05) is 26.7 Å². The van der Waals surface area contributed by atoms with Gasteiger partial charge in [0, 0.05) is 19.6 Å². The Labute approximate surface area is 111 Å². The molecule has 0 saturated heterocycles. The second-order valence-electron chi connectivity index (χ2n) is 6.17. The van der Waals surface area contributed by atoms with Crippen LogP contribution in [0.2, 0.25) is 0 Å². The molecule has 1 unspecified atom stereocenters. The van der Waals surface area contributed by atoms with Crippen LogP contribution in [0.25, 0.3) is 0 Å². The van der Waals surface area contributed by atoms with Gasteiger partial charge in [-0.25, -0.2) is 0 Å². The van der Waals surface area contributed by atoms with Gasteiger partial charge in [0.15, 0.2) is 0 Å². The van der Waals surface area contributed by atoms with Crippen LogP contribution in [0.15, 0.2) is 0 Å². The third-order valence-electron chi connectivity index (χ3n) is 3.88. The van der Waals surface area contributed by atoms with E-state index < -0.39 is 0 Å². The van der Waals surface area contributed by atoms with E-state index in [4.69, 9.17) is 5.11 Å². The van der Waals surface area contributed by atoms with Gasteiger partial charge in [0.05, 0.1) is 0 Å². The Balaban J connectivity index is 2.20. The van der Waals surface area contributed by atoms with Crippen molar-refractivity contribution in [3.8, 4) is 0 Å². The molecule has 106 valence electrons. The molecule has 3 heteroatoms. The van der Waals surface area contributed by atoms with Crippen molar-refractivity contribution in [1.29, 1.82) is 0 Å². The quantitative estimate of drug-likeness (QED) is 0.700. The molecule has 0 bridgehead atoms. The SMILES string of the molecule is CC(C)CC(CCO)CNC(=O)CC1CCCC1. The number of aliphatic hydroxyl groups is 1. The topological polar surface area (TPSA) is 49.3 Å². The van der Waals surface area contributed by atoms with Crippen molar-refractivity contribution in [3.63, 3.8) is 0 Å². The summed E-state index contributed by atoms with van der Waals surface area (Å²) in [5, 5.41) is 12.1. The molecule has 0 aromatic rings. The minimum absolute atomic E-state index is 0.202. The largest absolute Gasteiger partial charge is 0.396 e. The van der Waals surface area contributed by atoms with Crippen molar-refractivity contribution in [1.82, 2.24) is 5.32 Å². The number of carbonyl (C=O) groups is 1. The van der Waals surface area contributed by atoms with Crippen molar-refractivity contribution >= 4 is 5.91 Å². The number of carbonyl (C=O) groups excluding carboxylic acids is 1. The summed E-state index contributed by atoms with van der Waals surface area (Å²) in [4.78, 5) is 11.8. The highest BCUT2D eigenvalue weighted by molar-refractivity contribution is 5.76. The fourth-order valence-corrected chi connectivity index (χ4v) is 2.96. The standard InChI is InChI=1S/C15H29NO2/c1-12(2)9-14(7-8-17)11-16-15(18)10-13-5-3-4-6-13/h12-14,17H,3-11H2,1-2H3,(H,16,18). The van der Waals surface area contributed by atoms with Gasteiger partial charge in [-0.15, -0.1) is 0 Å². The number of nitrogens with one attached hydrogen (secondary N) is 1. The number of amides is 1. The first-order chi connectivity index (χ1) is 8.61. The first kappa shape index (κ1) is 15.5. The Hall–Kier alpha value is -0.570. The average Bonchev–Trinajstić information content (AvgIpc) is 2.78. The Bertz CT molecular complexity index is 235. The predicted octanol–water partition coefficient (Wildman–Crippen LogP) is 2.73. The molecular formula is C15H29NO2. The lowest BCUT2D eigenvalue weighted by Gasteiger charge is -2.19. The molecule has 0 radical (unpaired) electrons. The number of rotatable bonds is 8. The first-order valence-corrected chi connectivity index (χ1v) is 7.49. The molecule has 1 aliphatic rings. The summed E-state index contributed by atoms with van der Waals surface area (Å²) >= 11 is 0. The summed E-state index contributed by atoms with van der Waals surface area (Å²) in [6.45, 7) is 5.32. The van der Waals surface area contributed by atoms with E-state index in [9.17, 15) is 4.79 Å². The van der Waals surface area contributed by atoms with E-state index in [0.29, 0.717) is 24.2 Å². The third-order valence-corrected chi connectivity index (χ3v) is 3.88. The van der Waals surface area contributed by atoms with Crippen LogP contribution in [0, 0.1) is 17.8 Å². The molecule has 0 heterocycles. The minimum Gasteiger partial charge on any atom is -0.396 e. The van der Waals surface area contributed by atoms with Crippen molar-refractivity contribution in [2.75, 3.05) is 13.2 Å². The highest BCUT2D eigenvalue weighted by atomic mass is 16.3. The molecule has 1 rings (SSSR count). The molecule has 0 aromatic heterocycles. The van der Waals surface area contributed by atoms with Gasteiger partial charge >= 0.3 is 0 Å². The molecule has 1 atom stereocenters. The Morgan fingerprint density at radius 1 is 1.33 bits per heavy atom. The molecule has 0 spiro atoms. The summed E-state index contributed by atoms with van der Waals surface area (Å²) < 4.78 is 0. The van der Waals surface area contributed by atoms with E-state index in [2.05, 4.69) is 19.2 Å². The first-order valence-electron chi connectivity index (χ1n) is 7.49. The maximum atomic E-state index is 11.8. The van der Waals surface area contributed by atoms with Crippen LogP contribution in [0.3, 0.4) is 0 Å². The van der Waals surface area contributed by atoms with Crippen LogP contribution in [0.4, 0.5) is 0 Å². The molecule has 2 N–H and O–H groups in total. The summed E-state index contributed by atoms with van der Waals surface area (Å²) in [6.07, 6.45) is 7.59. The second kappa shape index (κ2) is 8.52. The number of aliphatic hydroxyl groups excluding tert-OH is 1. The third kappa shape index (κ3) is 6.39. The van der Waals surface area contributed by atoms with Crippen LogP contribution in [0.5, 0.6) is 0 Å². The lowest BCUT2D eigenvalue weighted by atomic mass is 9.94. The van der Waals surface area contributed by atoms with Crippen LogP contribution in [-0.2, 0) is 4.79 Å². The van der Waals surface area contributed by atoms with Crippen molar-refractivity contribution in [3.05, 3.63) is 0 Å². The van der Waals surface area contributed by atoms with Gasteiger partial charge in [-0.2, -0.15) is 0 Å². The number of hydrogen-bond acceptors (Lipinski definition) is 2. The Kier molecular flexibility index (Phi) is 7.33. The molecule has 1 fully saturated rings. The van der Waals surface area contributed by atoms with Crippen LogP contribution >= 0.6 is 0 Å². The zero-order chi connectivity index (χ0) is 13.4. The zero-order valence-corrected chi connectivity index (χ0v) is 12.0. The molecule has 18 heavy (non-hydrogen) atoms. The maximum absolute atomic E-state index is 11.8. The summed E-state index contributed by atoms with van der Waals surface area (Å²) in [7, 11) is 0. The highest BCUT2D eigenvalue weighted by Crippen LogP contribution is 2.27. The van der Waals surface area contributed by atoms with E-state index in [1.165, 1.54) is 25.7 Å². The van der Waals surface area contributed by atoms with E-state index in [-0.39, 0.29) is 12.5 Å². The van der Waals surface area contributed by atoms with Gasteiger partial charge in [0.2, 0.25) is 5.91 Å². The lowest BCUT2D eigenvalue weighted by Crippen LogP contribution is -2.31. The van der Waals surface area contributed by atoms with Gasteiger partial charge in [-0.3, -0.25) is 4.79 Å². The summed E-state index contributed by atoms with van der Waals surface area (Å²) in [6, 6.07) is 0. The molecule has 0 aliphatic heterocycles.